The maximum Gasteiger partial charge on any atom is 0.386 e. The minimum Gasteiger partial charge on any atom is -0.383 e. The zero-order valence-electron chi connectivity index (χ0n) is 22.1. The molecule has 0 bridgehead atoms. The monoisotopic (exact) mass is 675 g/mol. The maximum absolute atomic E-state index is 13.4. The van der Waals surface area contributed by atoms with E-state index in [9.17, 15) is 19.1 Å². The van der Waals surface area contributed by atoms with Gasteiger partial charge in [0, 0.05) is 12.6 Å². The van der Waals surface area contributed by atoms with Crippen molar-refractivity contribution < 1.29 is 37.4 Å². The Morgan fingerprint density at radius 2 is 1.91 bits per heavy atom. The Morgan fingerprint density at radius 1 is 1.12 bits per heavy atom. The van der Waals surface area contributed by atoms with E-state index in [0.717, 1.165) is 0 Å². The van der Waals surface area contributed by atoms with Gasteiger partial charge < -0.3 is 39.8 Å². The average Bonchev–Trinajstić information content (AvgIpc) is 3.71. The Labute approximate surface area is 252 Å². The van der Waals surface area contributed by atoms with Crippen LogP contribution in [0.1, 0.15) is 31.7 Å². The molecule has 43 heavy (non-hydrogen) atoms. The summed E-state index contributed by atoms with van der Waals surface area (Å²) in [5.41, 5.74) is 11.8. The standard InChI is InChI=1S/C21H27N9O9P2S2/c22-16-12-3-4-29(17(12)25-8-24-16)14-2-1-10(37-14)6-36-41(34,43)39-13-5-11(7-35-40(32,33)42)38-20(13)30-9-26-15-18(30)27-21(23)28-19(15)31/h3-4,8-11,13-14,20H,1-2,5-7H2,(H,34,43)(H2,22,24,25)(H2,32,33,42)(H3,23,27,28,31)/t10?,11-,13+,14?,20+,41?/m0/s1. The first-order valence-corrected chi connectivity index (χ1v) is 18.1. The zero-order chi connectivity index (χ0) is 30.5. The molecule has 22 heteroatoms. The highest BCUT2D eigenvalue weighted by molar-refractivity contribution is 8.44. The second kappa shape index (κ2) is 11.8. The number of hydrogen-bond acceptors (Lipinski definition) is 14. The molecule has 6 atom stereocenters. The van der Waals surface area contributed by atoms with Crippen LogP contribution in [-0.2, 0) is 39.4 Å². The summed E-state index contributed by atoms with van der Waals surface area (Å²) in [6, 6.07) is 1.81. The fourth-order valence-corrected chi connectivity index (χ4v) is 7.14. The molecule has 0 aromatic carbocycles. The number of nitrogens with zero attached hydrogens (tertiary/aromatic N) is 6. The molecule has 2 saturated heterocycles. The predicted molar refractivity (Wildman–Crippen MR) is 158 cm³/mol. The molecule has 0 spiro atoms. The summed E-state index contributed by atoms with van der Waals surface area (Å²) in [6.07, 6.45) is 2.21. The lowest BCUT2D eigenvalue weighted by Crippen LogP contribution is -2.23. The fraction of sp³-hybridized carbons (Fsp3) is 0.476. The minimum absolute atomic E-state index is 0.0136. The first kappa shape index (κ1) is 30.5. The fourth-order valence-electron chi connectivity index (χ4n) is 5.09. The SMILES string of the molecule is Nc1nc2c(ncn2[C@@H]2O[C@H](COP(O)(O)=S)C[C@H]2OP(=O)(S)OCC2CCC(n3ccc4c(N)ncnc43)O2)c(=O)[nH]1. The number of nitrogens with one attached hydrogen (secondary N) is 1. The van der Waals surface area contributed by atoms with E-state index in [0.29, 0.717) is 29.7 Å². The number of thiol groups is 1. The molecule has 7 N–H and O–H groups in total. The van der Waals surface area contributed by atoms with Crippen molar-refractivity contribution in [1.82, 2.24) is 34.1 Å². The molecule has 0 aliphatic carbocycles. The van der Waals surface area contributed by atoms with Gasteiger partial charge in [0.25, 0.3) is 5.56 Å². The summed E-state index contributed by atoms with van der Waals surface area (Å²) in [4.78, 5) is 50.1. The number of aromatic amines is 1. The Kier molecular flexibility index (Phi) is 8.38. The van der Waals surface area contributed by atoms with Crippen LogP contribution >= 0.6 is 25.8 Å². The van der Waals surface area contributed by atoms with Gasteiger partial charge in [-0.15, -0.1) is 0 Å². The number of H-pyrrole nitrogens is 1. The normalized spacial score (nSPS) is 26.0. The number of fused-ring (bicyclic) bond motifs is 2. The van der Waals surface area contributed by atoms with Crippen LogP contribution in [0.5, 0.6) is 0 Å². The van der Waals surface area contributed by atoms with Gasteiger partial charge in [-0.2, -0.15) is 4.98 Å². The van der Waals surface area contributed by atoms with Crippen LogP contribution in [0, 0.1) is 0 Å². The van der Waals surface area contributed by atoms with Gasteiger partial charge in [0.05, 0.1) is 37.1 Å². The second-order valence-electron chi connectivity index (χ2n) is 9.86. The molecule has 0 saturated carbocycles. The molecule has 0 amide bonds. The Balaban J connectivity index is 1.14. The predicted octanol–water partition coefficient (Wildman–Crippen LogP) is 1.36. The average molecular weight is 676 g/mol. The first-order chi connectivity index (χ1) is 20.4. The van der Waals surface area contributed by atoms with Crippen molar-refractivity contribution in [2.24, 2.45) is 0 Å². The third-order valence-electron chi connectivity index (χ3n) is 6.93. The van der Waals surface area contributed by atoms with Gasteiger partial charge in [-0.3, -0.25) is 23.4 Å². The molecule has 2 aliphatic heterocycles. The number of nitrogen functional groups attached to an aromatic ring is 2. The summed E-state index contributed by atoms with van der Waals surface area (Å²) in [5.74, 6) is 0.211. The van der Waals surface area contributed by atoms with Crippen LogP contribution in [0.15, 0.2) is 29.7 Å². The van der Waals surface area contributed by atoms with Gasteiger partial charge in [-0.25, -0.2) is 19.5 Å². The van der Waals surface area contributed by atoms with Crippen LogP contribution in [0.25, 0.3) is 22.2 Å². The third kappa shape index (κ3) is 6.64. The molecule has 232 valence electrons. The lowest BCUT2D eigenvalue weighted by Gasteiger charge is -2.24. The van der Waals surface area contributed by atoms with Crippen LogP contribution in [0.3, 0.4) is 0 Å². The van der Waals surface area contributed by atoms with Crippen molar-refractivity contribution >= 4 is 71.5 Å². The molecule has 2 aliphatic rings. The molecular weight excluding hydrogens is 648 g/mol. The Bertz CT molecular complexity index is 1810. The van der Waals surface area contributed by atoms with Crippen molar-refractivity contribution in [3.63, 3.8) is 0 Å². The number of aromatic nitrogens is 7. The summed E-state index contributed by atoms with van der Waals surface area (Å²) in [5, 5.41) is 0.711. The molecule has 4 aromatic rings. The number of imidazole rings is 1. The zero-order valence-corrected chi connectivity index (χ0v) is 25.6. The molecule has 18 nitrogen and oxygen atoms in total. The molecule has 3 unspecified atom stereocenters. The Morgan fingerprint density at radius 3 is 2.70 bits per heavy atom. The van der Waals surface area contributed by atoms with Crippen molar-refractivity contribution in [2.45, 2.75) is 50.0 Å². The van der Waals surface area contributed by atoms with E-state index in [1.807, 2.05) is 16.8 Å². The Hall–Kier alpha value is -2.48. The summed E-state index contributed by atoms with van der Waals surface area (Å²) in [7, 11) is 0. The number of nitrogens with two attached hydrogens (primary N) is 2. The van der Waals surface area contributed by atoms with Crippen molar-refractivity contribution in [3.05, 3.63) is 35.3 Å². The van der Waals surface area contributed by atoms with Crippen LogP contribution in [-0.4, -0.2) is 75.4 Å². The molecular formula is C21H27N9O9P2S2. The van der Waals surface area contributed by atoms with E-state index >= 15 is 0 Å². The number of anilines is 2. The molecule has 6 heterocycles. The van der Waals surface area contributed by atoms with Gasteiger partial charge in [-0.1, -0.05) is 12.2 Å². The molecule has 6 rings (SSSR count). The highest BCUT2D eigenvalue weighted by Gasteiger charge is 2.43. The lowest BCUT2D eigenvalue weighted by atomic mass is 10.2. The van der Waals surface area contributed by atoms with Crippen LogP contribution in [0.2, 0.25) is 0 Å². The van der Waals surface area contributed by atoms with E-state index in [1.165, 1.54) is 17.2 Å². The molecule has 4 aromatic heterocycles. The topological polar surface area (TPSA) is 250 Å². The van der Waals surface area contributed by atoms with E-state index in [-0.39, 0.29) is 43.0 Å². The molecule has 0 radical (unpaired) electrons. The van der Waals surface area contributed by atoms with Crippen molar-refractivity contribution in [1.29, 1.82) is 0 Å². The summed E-state index contributed by atoms with van der Waals surface area (Å²) in [6.45, 7) is -8.39. The van der Waals surface area contributed by atoms with Crippen molar-refractivity contribution in [2.75, 3.05) is 24.7 Å². The second-order valence-corrected chi connectivity index (χ2v) is 15.4. The van der Waals surface area contributed by atoms with Gasteiger partial charge in [0.1, 0.15) is 30.1 Å². The van der Waals surface area contributed by atoms with E-state index in [1.54, 1.807) is 0 Å². The highest BCUT2D eigenvalue weighted by Crippen LogP contribution is 2.57. The van der Waals surface area contributed by atoms with Gasteiger partial charge in [0.15, 0.2) is 17.4 Å². The number of hydrogen-bond donors (Lipinski definition) is 6. The third-order valence-corrected chi connectivity index (χ3v) is 9.37. The van der Waals surface area contributed by atoms with Gasteiger partial charge in [0.2, 0.25) is 5.95 Å². The van der Waals surface area contributed by atoms with Crippen LogP contribution in [0.4, 0.5) is 11.8 Å². The first-order valence-electron chi connectivity index (χ1n) is 12.8. The smallest absolute Gasteiger partial charge is 0.383 e. The highest BCUT2D eigenvalue weighted by atomic mass is 32.7. The maximum atomic E-state index is 13.4. The van der Waals surface area contributed by atoms with Gasteiger partial charge >= 0.3 is 13.5 Å². The lowest BCUT2D eigenvalue weighted by molar-refractivity contribution is -0.0457. The summed E-state index contributed by atoms with van der Waals surface area (Å²) >= 11 is 8.70. The van der Waals surface area contributed by atoms with E-state index in [2.05, 4.69) is 49.0 Å². The minimum atomic E-state index is -4.03. The van der Waals surface area contributed by atoms with E-state index < -0.39 is 43.6 Å². The number of ether oxygens (including phenoxy) is 2. The van der Waals surface area contributed by atoms with Gasteiger partial charge in [-0.05, 0) is 30.7 Å². The molecule has 2 fully saturated rings. The van der Waals surface area contributed by atoms with Crippen molar-refractivity contribution in [3.8, 4) is 0 Å². The number of rotatable bonds is 10. The van der Waals surface area contributed by atoms with E-state index in [4.69, 9.17) is 34.5 Å². The largest absolute Gasteiger partial charge is 0.386 e. The van der Waals surface area contributed by atoms with Crippen LogP contribution < -0.4 is 17.0 Å². The summed E-state index contributed by atoms with van der Waals surface area (Å²) < 4.78 is 45.1. The quantitative estimate of drug-likeness (QED) is 0.103.